The fourth-order valence-corrected chi connectivity index (χ4v) is 0.256. The van der Waals surface area contributed by atoms with E-state index in [1.54, 1.807) is 0 Å². The third-order valence-electron chi connectivity index (χ3n) is 0.664. The van der Waals surface area contributed by atoms with Gasteiger partial charge in [-0.05, 0) is 6.72 Å². The molecule has 0 saturated heterocycles. The molecule has 2 N–H and O–H groups in total. The van der Waals surface area contributed by atoms with Crippen LogP contribution in [0.1, 0.15) is 0 Å². The minimum absolute atomic E-state index is 0.0471. The first-order valence-electron chi connectivity index (χ1n) is 2.27. The van der Waals surface area contributed by atoms with Crippen molar-refractivity contribution in [1.29, 1.82) is 0 Å². The van der Waals surface area contributed by atoms with Crippen molar-refractivity contribution < 1.29 is 5.11 Å². The van der Waals surface area contributed by atoms with Crippen LogP contribution in [-0.2, 0) is 0 Å². The molecule has 0 aliphatic carbocycles. The van der Waals surface area contributed by atoms with Crippen LogP contribution in [-0.4, -0.2) is 25.1 Å². The van der Waals surface area contributed by atoms with Gasteiger partial charge in [0.05, 0.1) is 6.73 Å². The van der Waals surface area contributed by atoms with Gasteiger partial charge in [0.15, 0.2) is 0 Å². The van der Waals surface area contributed by atoms with Crippen LogP contribution in [0.3, 0.4) is 0 Å². The highest BCUT2D eigenvalue weighted by molar-refractivity contribution is 5.28. The van der Waals surface area contributed by atoms with Crippen molar-refractivity contribution >= 4 is 6.72 Å². The predicted molar refractivity (Wildman–Crippen MR) is 33.8 cm³/mol. The summed E-state index contributed by atoms with van der Waals surface area (Å²) >= 11 is 0. The highest BCUT2D eigenvalue weighted by Gasteiger charge is 1.83. The second-order valence-electron chi connectivity index (χ2n) is 1.31. The average molecular weight is 114 g/mol. The number of hydrogen-bond acceptors (Lipinski definition) is 3. The maximum Gasteiger partial charge on any atom is 0.0934 e. The average Bonchev–Trinajstić information content (AvgIpc) is 1.83. The van der Waals surface area contributed by atoms with E-state index in [1.807, 2.05) is 0 Å². The highest BCUT2D eigenvalue weighted by Crippen LogP contribution is 1.83. The molecule has 0 amide bonds. The molecular formula is C5H10N2O. The van der Waals surface area contributed by atoms with E-state index in [-0.39, 0.29) is 6.73 Å². The number of aliphatic imine (C=N–C) groups is 1. The third-order valence-corrected chi connectivity index (χ3v) is 0.664. The van der Waals surface area contributed by atoms with Crippen LogP contribution in [0.5, 0.6) is 0 Å². The number of nitrogens with one attached hydrogen (secondary N) is 1. The molecule has 0 aliphatic rings. The van der Waals surface area contributed by atoms with E-state index in [0.717, 1.165) is 0 Å². The monoisotopic (exact) mass is 114 g/mol. The third kappa shape index (κ3) is 3.52. The fourth-order valence-electron chi connectivity index (χ4n) is 0.256. The van der Waals surface area contributed by atoms with Crippen LogP contribution in [0.4, 0.5) is 0 Å². The summed E-state index contributed by atoms with van der Waals surface area (Å²) < 4.78 is 0. The zero-order valence-electron chi connectivity index (χ0n) is 4.72. The fraction of sp³-hybridized carbons (Fsp3) is 0.400. The lowest BCUT2D eigenvalue weighted by Crippen LogP contribution is -2.16. The maximum atomic E-state index is 8.20. The molecule has 0 rings (SSSR count). The zero-order valence-corrected chi connectivity index (χ0v) is 4.72. The van der Waals surface area contributed by atoms with Crippen LogP contribution < -0.4 is 5.32 Å². The van der Waals surface area contributed by atoms with Crippen molar-refractivity contribution in [3.05, 3.63) is 12.3 Å². The van der Waals surface area contributed by atoms with E-state index in [9.17, 15) is 0 Å². The standard InChI is InChI=1S/C5H10N2O/c1-5(6-2)3-7-4-8/h7-8H,1-4H2. The maximum absolute atomic E-state index is 8.20. The minimum atomic E-state index is -0.0471. The summed E-state index contributed by atoms with van der Waals surface area (Å²) in [6.07, 6.45) is 0. The smallest absolute Gasteiger partial charge is 0.0934 e. The molecule has 0 aromatic heterocycles. The first kappa shape index (κ1) is 7.33. The Morgan fingerprint density at radius 1 is 1.75 bits per heavy atom. The Labute approximate surface area is 48.7 Å². The van der Waals surface area contributed by atoms with Gasteiger partial charge in [0.2, 0.25) is 0 Å². The lowest BCUT2D eigenvalue weighted by Gasteiger charge is -1.96. The van der Waals surface area contributed by atoms with Gasteiger partial charge in [0, 0.05) is 12.2 Å². The van der Waals surface area contributed by atoms with E-state index in [1.165, 1.54) is 0 Å². The summed E-state index contributed by atoms with van der Waals surface area (Å²) in [5.74, 6) is 0. The molecule has 3 heteroatoms. The molecule has 0 aliphatic heterocycles. The van der Waals surface area contributed by atoms with Crippen LogP contribution >= 0.6 is 0 Å². The Morgan fingerprint density at radius 2 is 2.38 bits per heavy atom. The van der Waals surface area contributed by atoms with E-state index in [0.29, 0.717) is 12.2 Å². The van der Waals surface area contributed by atoms with Gasteiger partial charge in [-0.3, -0.25) is 10.3 Å². The topological polar surface area (TPSA) is 44.6 Å². The Bertz CT molecular complexity index is 90.4. The van der Waals surface area contributed by atoms with Gasteiger partial charge < -0.3 is 5.11 Å². The quantitative estimate of drug-likeness (QED) is 0.390. The van der Waals surface area contributed by atoms with Crippen molar-refractivity contribution in [2.45, 2.75) is 0 Å². The number of hydrogen-bond donors (Lipinski definition) is 2. The van der Waals surface area contributed by atoms with Gasteiger partial charge in [-0.25, -0.2) is 0 Å². The summed E-state index contributed by atoms with van der Waals surface area (Å²) in [6, 6.07) is 0. The second kappa shape index (κ2) is 4.49. The van der Waals surface area contributed by atoms with E-state index < -0.39 is 0 Å². The molecule has 0 aromatic carbocycles. The van der Waals surface area contributed by atoms with Gasteiger partial charge in [0.1, 0.15) is 0 Å². The normalized spacial score (nSPS) is 8.62. The molecule has 0 saturated carbocycles. The highest BCUT2D eigenvalue weighted by atomic mass is 16.3. The van der Waals surface area contributed by atoms with Crippen LogP contribution in [0.2, 0.25) is 0 Å². The van der Waals surface area contributed by atoms with Crippen molar-refractivity contribution in [2.75, 3.05) is 13.3 Å². The van der Waals surface area contributed by atoms with E-state index in [2.05, 4.69) is 23.6 Å². The van der Waals surface area contributed by atoms with Gasteiger partial charge in [-0.1, -0.05) is 6.58 Å². The summed E-state index contributed by atoms with van der Waals surface area (Å²) in [6.45, 7) is 7.20. The molecule has 0 unspecified atom stereocenters. The van der Waals surface area contributed by atoms with Crippen molar-refractivity contribution in [3.8, 4) is 0 Å². The van der Waals surface area contributed by atoms with Crippen LogP contribution in [0, 0.1) is 0 Å². The molecule has 0 spiro atoms. The summed E-state index contributed by atoms with van der Waals surface area (Å²) in [7, 11) is 0. The number of aliphatic hydroxyl groups is 1. The number of aliphatic hydroxyl groups excluding tert-OH is 1. The Morgan fingerprint density at radius 3 is 2.75 bits per heavy atom. The van der Waals surface area contributed by atoms with Crippen molar-refractivity contribution in [3.63, 3.8) is 0 Å². The molecule has 3 nitrogen and oxygen atoms in total. The van der Waals surface area contributed by atoms with Crippen LogP contribution in [0.25, 0.3) is 0 Å². The first-order chi connectivity index (χ1) is 3.81. The predicted octanol–water partition coefficient (Wildman–Crippen LogP) is -0.260. The Hall–Kier alpha value is -0.670. The molecule has 0 bridgehead atoms. The zero-order chi connectivity index (χ0) is 6.41. The molecular weight excluding hydrogens is 104 g/mol. The summed E-state index contributed by atoms with van der Waals surface area (Å²) in [5, 5.41) is 10.8. The lowest BCUT2D eigenvalue weighted by atomic mass is 10.5. The second-order valence-corrected chi connectivity index (χ2v) is 1.31. The van der Waals surface area contributed by atoms with Gasteiger partial charge in [0.25, 0.3) is 0 Å². The van der Waals surface area contributed by atoms with Gasteiger partial charge in [-0.2, -0.15) is 0 Å². The lowest BCUT2D eigenvalue weighted by molar-refractivity contribution is 0.266. The molecule has 0 heterocycles. The Balaban J connectivity index is 3.11. The van der Waals surface area contributed by atoms with E-state index >= 15 is 0 Å². The largest absolute Gasteiger partial charge is 0.381 e. The number of rotatable bonds is 4. The molecule has 46 valence electrons. The van der Waals surface area contributed by atoms with Crippen molar-refractivity contribution in [2.24, 2.45) is 4.99 Å². The molecule has 0 atom stereocenters. The minimum Gasteiger partial charge on any atom is -0.381 e. The number of nitrogens with zero attached hydrogens (tertiary/aromatic N) is 1. The summed E-state index contributed by atoms with van der Waals surface area (Å²) in [4.78, 5) is 3.51. The van der Waals surface area contributed by atoms with Gasteiger partial charge in [-0.15, -0.1) is 0 Å². The molecule has 0 fully saturated rings. The van der Waals surface area contributed by atoms with Gasteiger partial charge >= 0.3 is 0 Å². The van der Waals surface area contributed by atoms with Crippen molar-refractivity contribution in [1.82, 2.24) is 5.32 Å². The molecule has 8 heavy (non-hydrogen) atoms. The molecule has 0 aromatic rings. The van der Waals surface area contributed by atoms with E-state index in [4.69, 9.17) is 5.11 Å². The molecule has 0 radical (unpaired) electrons. The summed E-state index contributed by atoms with van der Waals surface area (Å²) in [5.41, 5.74) is 0.638. The van der Waals surface area contributed by atoms with Crippen LogP contribution in [0.15, 0.2) is 17.3 Å². The first-order valence-corrected chi connectivity index (χ1v) is 2.27. The Kier molecular flexibility index (Phi) is 4.11. The SMILES string of the molecule is C=NC(=C)CNCO.